The first kappa shape index (κ1) is 13.3. The number of halogens is 1. The Morgan fingerprint density at radius 2 is 2.11 bits per heavy atom. The summed E-state index contributed by atoms with van der Waals surface area (Å²) in [6.07, 6.45) is 4.79. The van der Waals surface area contributed by atoms with Crippen molar-refractivity contribution in [1.82, 2.24) is 5.32 Å². The third-order valence-corrected chi connectivity index (χ3v) is 4.02. The molecule has 5 heteroatoms. The fourth-order valence-electron chi connectivity index (χ4n) is 2.45. The van der Waals surface area contributed by atoms with Crippen LogP contribution in [-0.2, 0) is 6.54 Å². The summed E-state index contributed by atoms with van der Waals surface area (Å²) in [5.41, 5.74) is 1.03. The number of hydrogen-bond acceptors (Lipinski definition) is 3. The zero-order valence-electron chi connectivity index (χ0n) is 10.4. The molecule has 1 saturated carbocycles. The molecule has 0 aromatic heterocycles. The molecule has 0 amide bonds. The maximum atomic E-state index is 10.7. The van der Waals surface area contributed by atoms with Crippen LogP contribution in [-0.4, -0.2) is 10.5 Å². The number of non-ortho nitro benzene ring substituents is 1. The molecule has 98 valence electrons. The van der Waals surface area contributed by atoms with Crippen molar-refractivity contribution in [2.75, 3.05) is 0 Å². The second kappa shape index (κ2) is 5.24. The third-order valence-electron chi connectivity index (χ3n) is 3.65. The normalized spacial score (nSPS) is 17.9. The van der Waals surface area contributed by atoms with Crippen molar-refractivity contribution in [3.05, 3.63) is 38.9 Å². The number of nitro benzene ring substituents is 1. The van der Waals surface area contributed by atoms with E-state index in [2.05, 4.69) is 12.2 Å². The van der Waals surface area contributed by atoms with Gasteiger partial charge in [-0.3, -0.25) is 10.1 Å². The van der Waals surface area contributed by atoms with E-state index in [0.29, 0.717) is 11.6 Å². The van der Waals surface area contributed by atoms with Gasteiger partial charge in [0.1, 0.15) is 0 Å². The third kappa shape index (κ3) is 3.00. The first-order valence-electron chi connectivity index (χ1n) is 6.18. The second-order valence-corrected chi connectivity index (χ2v) is 5.56. The van der Waals surface area contributed by atoms with Crippen molar-refractivity contribution in [1.29, 1.82) is 0 Å². The maximum absolute atomic E-state index is 10.7. The van der Waals surface area contributed by atoms with Gasteiger partial charge in [-0.25, -0.2) is 0 Å². The fraction of sp³-hybridized carbons (Fsp3) is 0.538. The van der Waals surface area contributed by atoms with Crippen molar-refractivity contribution >= 4 is 17.3 Å². The van der Waals surface area contributed by atoms with Gasteiger partial charge in [0.2, 0.25) is 0 Å². The van der Waals surface area contributed by atoms with Gasteiger partial charge < -0.3 is 5.32 Å². The van der Waals surface area contributed by atoms with E-state index in [4.69, 9.17) is 11.6 Å². The molecule has 1 aromatic carbocycles. The summed E-state index contributed by atoms with van der Waals surface area (Å²) < 4.78 is 0. The quantitative estimate of drug-likeness (QED) is 0.670. The van der Waals surface area contributed by atoms with E-state index in [1.807, 2.05) is 0 Å². The van der Waals surface area contributed by atoms with Crippen LogP contribution >= 0.6 is 11.6 Å². The lowest BCUT2D eigenvalue weighted by Crippen LogP contribution is -2.38. The Balaban J connectivity index is 2.08. The summed E-state index contributed by atoms with van der Waals surface area (Å²) in [4.78, 5) is 10.3. The molecule has 1 aliphatic rings. The minimum absolute atomic E-state index is 0.0905. The van der Waals surface area contributed by atoms with Gasteiger partial charge in [-0.15, -0.1) is 0 Å². The summed E-state index contributed by atoms with van der Waals surface area (Å²) in [6, 6.07) is 4.57. The number of nitrogens with one attached hydrogen (secondary N) is 1. The lowest BCUT2D eigenvalue weighted by Gasteiger charge is -2.25. The van der Waals surface area contributed by atoms with E-state index in [0.717, 1.165) is 18.4 Å². The molecule has 1 N–H and O–H groups in total. The Morgan fingerprint density at radius 3 is 2.72 bits per heavy atom. The van der Waals surface area contributed by atoms with E-state index in [9.17, 15) is 10.1 Å². The molecule has 1 aliphatic carbocycles. The molecule has 0 radical (unpaired) electrons. The SMILES string of the molecule is CC1(NCc2cc([N+](=O)[O-])ccc2Cl)CCCC1. The van der Waals surface area contributed by atoms with Crippen LogP contribution in [0, 0.1) is 10.1 Å². The monoisotopic (exact) mass is 268 g/mol. The number of nitrogens with zero attached hydrogens (tertiary/aromatic N) is 1. The largest absolute Gasteiger partial charge is 0.307 e. The summed E-state index contributed by atoms with van der Waals surface area (Å²) in [6.45, 7) is 2.78. The molecule has 0 saturated heterocycles. The van der Waals surface area contributed by atoms with Crippen LogP contribution < -0.4 is 5.32 Å². The molecule has 0 atom stereocenters. The molecule has 1 fully saturated rings. The minimum atomic E-state index is -0.392. The van der Waals surface area contributed by atoms with Gasteiger partial charge in [-0.2, -0.15) is 0 Å². The fourth-order valence-corrected chi connectivity index (χ4v) is 2.64. The number of benzene rings is 1. The second-order valence-electron chi connectivity index (χ2n) is 5.15. The molecule has 4 nitrogen and oxygen atoms in total. The van der Waals surface area contributed by atoms with Crippen molar-refractivity contribution in [3.63, 3.8) is 0 Å². The van der Waals surface area contributed by atoms with Gasteiger partial charge in [-0.05, 0) is 31.4 Å². The zero-order chi connectivity index (χ0) is 13.2. The van der Waals surface area contributed by atoms with Crippen molar-refractivity contribution in [3.8, 4) is 0 Å². The van der Waals surface area contributed by atoms with Crippen LogP contribution in [0.2, 0.25) is 5.02 Å². The Bertz CT molecular complexity index is 456. The van der Waals surface area contributed by atoms with Crippen molar-refractivity contribution < 1.29 is 4.92 Å². The number of rotatable bonds is 4. The lowest BCUT2D eigenvalue weighted by molar-refractivity contribution is -0.384. The highest BCUT2D eigenvalue weighted by Gasteiger charge is 2.27. The van der Waals surface area contributed by atoms with E-state index < -0.39 is 4.92 Å². The van der Waals surface area contributed by atoms with Crippen LogP contribution in [0.3, 0.4) is 0 Å². The van der Waals surface area contributed by atoms with Crippen molar-refractivity contribution in [2.24, 2.45) is 0 Å². The Kier molecular flexibility index (Phi) is 3.88. The Hall–Kier alpha value is -1.13. The molecule has 0 bridgehead atoms. The van der Waals surface area contributed by atoms with Crippen molar-refractivity contribution in [2.45, 2.75) is 44.7 Å². The molecule has 18 heavy (non-hydrogen) atoms. The topological polar surface area (TPSA) is 55.2 Å². The van der Waals surface area contributed by atoms with Gasteiger partial charge in [0.15, 0.2) is 0 Å². The lowest BCUT2D eigenvalue weighted by atomic mass is 10.0. The summed E-state index contributed by atoms with van der Waals surface area (Å²) in [5.74, 6) is 0. The molecular weight excluding hydrogens is 252 g/mol. The molecule has 2 rings (SSSR count). The maximum Gasteiger partial charge on any atom is 0.269 e. The molecule has 0 spiro atoms. The standard InChI is InChI=1S/C13H17ClN2O2/c1-13(6-2-3-7-13)15-9-10-8-11(16(17)18)4-5-12(10)14/h4-5,8,15H,2-3,6-7,9H2,1H3. The zero-order valence-corrected chi connectivity index (χ0v) is 11.2. The molecule has 0 heterocycles. The van der Waals surface area contributed by atoms with Gasteiger partial charge in [0.25, 0.3) is 5.69 Å². The molecule has 0 aliphatic heterocycles. The van der Waals surface area contributed by atoms with Crippen LogP contribution in [0.5, 0.6) is 0 Å². The Labute approximate surface area is 111 Å². The number of hydrogen-bond donors (Lipinski definition) is 1. The summed E-state index contributed by atoms with van der Waals surface area (Å²) in [5, 5.41) is 14.8. The van der Waals surface area contributed by atoms with Gasteiger partial charge in [0, 0.05) is 29.2 Å². The Morgan fingerprint density at radius 1 is 1.44 bits per heavy atom. The highest BCUT2D eigenvalue weighted by Crippen LogP contribution is 2.30. The van der Waals surface area contributed by atoms with E-state index in [1.54, 1.807) is 12.1 Å². The van der Waals surface area contributed by atoms with Crippen LogP contribution in [0.25, 0.3) is 0 Å². The van der Waals surface area contributed by atoms with E-state index in [1.165, 1.54) is 18.9 Å². The smallest absolute Gasteiger partial charge is 0.269 e. The summed E-state index contributed by atoms with van der Waals surface area (Å²) in [7, 11) is 0. The van der Waals surface area contributed by atoms with Crippen LogP contribution in [0.1, 0.15) is 38.2 Å². The summed E-state index contributed by atoms with van der Waals surface area (Å²) >= 11 is 6.07. The first-order valence-corrected chi connectivity index (χ1v) is 6.56. The predicted molar refractivity (Wildman–Crippen MR) is 71.8 cm³/mol. The van der Waals surface area contributed by atoms with Gasteiger partial charge in [0.05, 0.1) is 4.92 Å². The highest BCUT2D eigenvalue weighted by molar-refractivity contribution is 6.31. The average Bonchev–Trinajstić information content (AvgIpc) is 2.75. The minimum Gasteiger partial charge on any atom is -0.307 e. The predicted octanol–water partition coefficient (Wildman–Crippen LogP) is 3.67. The number of nitro groups is 1. The molecule has 1 aromatic rings. The van der Waals surface area contributed by atoms with Crippen LogP contribution in [0.15, 0.2) is 18.2 Å². The first-order chi connectivity index (χ1) is 8.50. The van der Waals surface area contributed by atoms with Gasteiger partial charge >= 0.3 is 0 Å². The molecule has 0 unspecified atom stereocenters. The van der Waals surface area contributed by atoms with E-state index in [-0.39, 0.29) is 11.2 Å². The molecular formula is C13H17ClN2O2. The van der Waals surface area contributed by atoms with Crippen LogP contribution in [0.4, 0.5) is 5.69 Å². The van der Waals surface area contributed by atoms with E-state index >= 15 is 0 Å². The van der Waals surface area contributed by atoms with Gasteiger partial charge in [-0.1, -0.05) is 24.4 Å². The average molecular weight is 269 g/mol. The highest BCUT2D eigenvalue weighted by atomic mass is 35.5.